The zero-order valence-corrected chi connectivity index (χ0v) is 39.0. The van der Waals surface area contributed by atoms with Crippen molar-refractivity contribution in [2.45, 2.75) is 167 Å². The van der Waals surface area contributed by atoms with E-state index in [0.29, 0.717) is 30.8 Å². The van der Waals surface area contributed by atoms with Crippen LogP contribution in [0.25, 0.3) is 11.1 Å². The van der Waals surface area contributed by atoms with Gasteiger partial charge in [-0.3, -0.25) is 9.59 Å². The number of benzene rings is 4. The number of anilines is 2. The van der Waals surface area contributed by atoms with Crippen LogP contribution in [-0.2, 0) is 32.2 Å². The highest BCUT2D eigenvalue weighted by atomic mass is 16.7. The molecular weight excluding hydrogens is 797 g/mol. The Balaban J connectivity index is 1.14. The van der Waals surface area contributed by atoms with Crippen LogP contribution in [-0.4, -0.2) is 47.6 Å². The Morgan fingerprint density at radius 1 is 0.641 bits per heavy atom. The lowest BCUT2D eigenvalue weighted by Crippen LogP contribution is -2.40. The number of rotatable bonds is 30. The predicted octanol–water partition coefficient (Wildman–Crippen LogP) is 12.6. The van der Waals surface area contributed by atoms with Crippen LogP contribution in [0.2, 0.25) is 0 Å². The van der Waals surface area contributed by atoms with E-state index in [4.69, 9.17) is 15.2 Å². The molecule has 0 spiro atoms. The van der Waals surface area contributed by atoms with Crippen LogP contribution in [0.15, 0.2) is 97.1 Å². The van der Waals surface area contributed by atoms with Gasteiger partial charge in [0.05, 0.1) is 30.2 Å². The third-order valence-corrected chi connectivity index (χ3v) is 12.5. The van der Waals surface area contributed by atoms with E-state index in [1.165, 1.54) is 77.0 Å². The lowest BCUT2D eigenvalue weighted by atomic mass is 9.98. The van der Waals surface area contributed by atoms with Crippen LogP contribution < -0.4 is 16.4 Å². The summed E-state index contributed by atoms with van der Waals surface area (Å²) in [6.07, 6.45) is 19.9. The molecule has 4 aromatic rings. The number of nitrogens with two attached hydrogens (primary N) is 1. The molecule has 5 rings (SSSR count). The fourth-order valence-electron chi connectivity index (χ4n) is 8.58. The maximum absolute atomic E-state index is 12.7. The topological polar surface area (TPSA) is 126 Å². The first-order chi connectivity index (χ1) is 31.3. The number of ether oxygens (including phenoxy) is 2. The third-order valence-electron chi connectivity index (χ3n) is 12.5. The molecule has 348 valence electrons. The van der Waals surface area contributed by atoms with E-state index in [-0.39, 0.29) is 30.6 Å². The van der Waals surface area contributed by atoms with Crippen molar-refractivity contribution in [3.05, 3.63) is 119 Å². The van der Waals surface area contributed by atoms with Gasteiger partial charge in [-0.25, -0.2) is 0 Å². The summed E-state index contributed by atoms with van der Waals surface area (Å²) < 4.78 is 13.6. The van der Waals surface area contributed by atoms with Crippen molar-refractivity contribution in [2.24, 2.45) is 0 Å². The van der Waals surface area contributed by atoms with Crippen molar-refractivity contribution in [2.75, 3.05) is 30.7 Å². The summed E-state index contributed by atoms with van der Waals surface area (Å²) in [7, 11) is 0. The molecule has 2 amide bonds. The lowest BCUT2D eigenvalue weighted by molar-refractivity contribution is -0.253. The summed E-state index contributed by atoms with van der Waals surface area (Å²) in [4.78, 5) is 27.7. The Bertz CT molecular complexity index is 1900. The van der Waals surface area contributed by atoms with Gasteiger partial charge >= 0.3 is 0 Å². The molecular formula is C55H78N4O5. The van der Waals surface area contributed by atoms with Crippen LogP contribution in [0.4, 0.5) is 11.4 Å². The Morgan fingerprint density at radius 3 is 1.91 bits per heavy atom. The van der Waals surface area contributed by atoms with E-state index in [1.807, 2.05) is 36.4 Å². The number of hydrogen-bond donors (Lipinski definition) is 4. The molecule has 1 heterocycles. The summed E-state index contributed by atoms with van der Waals surface area (Å²) in [6, 6.07) is 32.3. The molecule has 9 heteroatoms. The molecule has 1 aliphatic heterocycles. The number of nitrogens with zero attached hydrogens (tertiary/aromatic N) is 1. The summed E-state index contributed by atoms with van der Waals surface area (Å²) in [5, 5.41) is 15.7. The van der Waals surface area contributed by atoms with E-state index in [1.54, 1.807) is 12.1 Å². The number of hydrogen-bond acceptors (Lipinski definition) is 7. The Hall–Kier alpha value is -4.54. The van der Waals surface area contributed by atoms with E-state index < -0.39 is 6.29 Å². The molecule has 9 nitrogen and oxygen atoms in total. The Morgan fingerprint density at radius 2 is 1.25 bits per heavy atom. The van der Waals surface area contributed by atoms with Gasteiger partial charge in [-0.2, -0.15) is 0 Å². The highest BCUT2D eigenvalue weighted by molar-refractivity contribution is 5.93. The van der Waals surface area contributed by atoms with Gasteiger partial charge in [-0.15, -0.1) is 0 Å². The first kappa shape index (κ1) is 50.5. The van der Waals surface area contributed by atoms with E-state index in [9.17, 15) is 14.7 Å². The first-order valence-electron chi connectivity index (χ1n) is 24.7. The minimum absolute atomic E-state index is 0.0205. The maximum Gasteiger partial charge on any atom is 0.224 e. The molecule has 0 bridgehead atoms. The van der Waals surface area contributed by atoms with Crippen LogP contribution in [0.3, 0.4) is 0 Å². The fourth-order valence-corrected chi connectivity index (χ4v) is 8.58. The SMILES string of the molecule is CCCCCCCCN(CCCCCCCC)CC1CC(c2ccc(CO)cc2)OC(c2ccc(-c3cccc(CNC(=O)CCCCCCC(=O)Nc4ccccc4N)c3)cc2)O1. The second kappa shape index (κ2) is 29.1. The molecule has 0 saturated carbocycles. The number of carbonyl (C=O) groups excluding carboxylic acids is 2. The van der Waals surface area contributed by atoms with Crippen molar-refractivity contribution in [1.29, 1.82) is 0 Å². The quantitative estimate of drug-likeness (QED) is 0.0304. The highest BCUT2D eigenvalue weighted by Gasteiger charge is 2.33. The van der Waals surface area contributed by atoms with Gasteiger partial charge in [0, 0.05) is 37.9 Å². The van der Waals surface area contributed by atoms with Gasteiger partial charge in [-0.05, 0) is 84.8 Å². The van der Waals surface area contributed by atoms with Crippen molar-refractivity contribution in [3.63, 3.8) is 0 Å². The molecule has 3 atom stereocenters. The number of nitrogens with one attached hydrogen (secondary N) is 2. The van der Waals surface area contributed by atoms with Gasteiger partial charge in [-0.1, -0.05) is 170 Å². The second-order valence-corrected chi connectivity index (χ2v) is 17.8. The zero-order chi connectivity index (χ0) is 45.2. The summed E-state index contributed by atoms with van der Waals surface area (Å²) >= 11 is 0. The Labute approximate surface area is 384 Å². The second-order valence-electron chi connectivity index (χ2n) is 17.8. The normalized spacial score (nSPS) is 16.2. The minimum Gasteiger partial charge on any atom is -0.397 e. The molecule has 0 radical (unpaired) electrons. The van der Waals surface area contributed by atoms with Crippen LogP contribution in [0.5, 0.6) is 0 Å². The zero-order valence-electron chi connectivity index (χ0n) is 39.0. The molecule has 1 aliphatic rings. The summed E-state index contributed by atoms with van der Waals surface area (Å²) in [5.74, 6) is -0.00596. The number of para-hydroxylation sites is 2. The molecule has 0 aliphatic carbocycles. The van der Waals surface area contributed by atoms with Crippen LogP contribution in [0, 0.1) is 0 Å². The molecule has 3 unspecified atom stereocenters. The number of aliphatic hydroxyl groups is 1. The molecule has 64 heavy (non-hydrogen) atoms. The highest BCUT2D eigenvalue weighted by Crippen LogP contribution is 2.39. The van der Waals surface area contributed by atoms with Crippen LogP contribution >= 0.6 is 0 Å². The van der Waals surface area contributed by atoms with Gasteiger partial charge in [0.2, 0.25) is 11.8 Å². The van der Waals surface area contributed by atoms with Crippen molar-refractivity contribution >= 4 is 23.2 Å². The molecule has 1 saturated heterocycles. The summed E-state index contributed by atoms with van der Waals surface area (Å²) in [5.41, 5.74) is 13.4. The van der Waals surface area contributed by atoms with Gasteiger partial charge in [0.15, 0.2) is 6.29 Å². The number of carbonyl (C=O) groups is 2. The molecule has 1 fully saturated rings. The number of unbranched alkanes of at least 4 members (excludes halogenated alkanes) is 13. The molecule has 0 aromatic heterocycles. The van der Waals surface area contributed by atoms with E-state index in [0.717, 1.165) is 85.1 Å². The average molecular weight is 875 g/mol. The van der Waals surface area contributed by atoms with E-state index in [2.05, 4.69) is 77.9 Å². The number of amides is 2. The third kappa shape index (κ3) is 18.1. The van der Waals surface area contributed by atoms with E-state index >= 15 is 0 Å². The van der Waals surface area contributed by atoms with Crippen LogP contribution in [0.1, 0.15) is 170 Å². The van der Waals surface area contributed by atoms with Gasteiger partial charge in [0.25, 0.3) is 0 Å². The Kier molecular flexibility index (Phi) is 22.9. The van der Waals surface area contributed by atoms with Crippen molar-refractivity contribution in [1.82, 2.24) is 10.2 Å². The summed E-state index contributed by atoms with van der Waals surface area (Å²) in [6.45, 7) is 8.15. The average Bonchev–Trinajstić information content (AvgIpc) is 3.32. The number of nitrogen functional groups attached to an aromatic ring is 1. The first-order valence-corrected chi connectivity index (χ1v) is 24.7. The van der Waals surface area contributed by atoms with Crippen molar-refractivity contribution < 1.29 is 24.2 Å². The fraction of sp³-hybridized carbons (Fsp3) is 0.527. The monoisotopic (exact) mass is 875 g/mol. The largest absolute Gasteiger partial charge is 0.397 e. The molecule has 5 N–H and O–H groups in total. The van der Waals surface area contributed by atoms with Crippen molar-refractivity contribution in [3.8, 4) is 11.1 Å². The van der Waals surface area contributed by atoms with Gasteiger partial charge in [0.1, 0.15) is 0 Å². The smallest absolute Gasteiger partial charge is 0.224 e. The molecule has 4 aromatic carbocycles. The predicted molar refractivity (Wildman–Crippen MR) is 263 cm³/mol. The standard InChI is InChI=1S/C55H78N4O5/c1-3-5-7-9-13-19-36-59(37-20-14-10-8-6-4-2)41-49-39-52(46-30-28-43(42-60)29-31-46)64-55(63-49)47-34-32-45(33-35-47)48-23-21-22-44(38-48)40-57-53(61)26-15-11-12-16-27-54(62)58-51-25-18-17-24-50(51)56/h17-18,21-25,28-35,38,49,52,55,60H,3-16,19-20,26-27,36-37,39-42,56H2,1-2H3,(H,57,61)(H,58,62). The van der Waals surface area contributed by atoms with Gasteiger partial charge < -0.3 is 35.8 Å². The maximum atomic E-state index is 12.7. The minimum atomic E-state index is -0.499. The lowest BCUT2D eigenvalue weighted by Gasteiger charge is -2.38. The number of aliphatic hydroxyl groups excluding tert-OH is 1.